The molecule has 0 bridgehead atoms. The van der Waals surface area contributed by atoms with Crippen LogP contribution in [-0.2, 0) is 12.8 Å². The van der Waals surface area contributed by atoms with E-state index < -0.39 is 8.32 Å². The third-order valence-electron chi connectivity index (χ3n) is 7.46. The smallest absolute Gasteiger partial charge is 0.278 e. The fourth-order valence-corrected chi connectivity index (χ4v) is 5.36. The molecule has 2 aliphatic rings. The summed E-state index contributed by atoms with van der Waals surface area (Å²) >= 11 is 0. The summed E-state index contributed by atoms with van der Waals surface area (Å²) in [6, 6.07) is 20.2. The molecule has 0 aliphatic carbocycles. The minimum Gasteiger partial charge on any atom is -0.543 e. The zero-order valence-electron chi connectivity index (χ0n) is 23.0. The van der Waals surface area contributed by atoms with Gasteiger partial charge in [-0.15, -0.1) is 0 Å². The predicted octanol–water partition coefficient (Wildman–Crippen LogP) is 7.13. The van der Waals surface area contributed by atoms with Gasteiger partial charge in [-0.25, -0.2) is 4.98 Å². The van der Waals surface area contributed by atoms with Crippen molar-refractivity contribution >= 4 is 8.32 Å². The molecule has 0 atom stereocenters. The van der Waals surface area contributed by atoms with Gasteiger partial charge < -0.3 is 13.8 Å². The molecular formula is C31H35N3O3Si. The first-order chi connectivity index (χ1) is 18.0. The number of hydrogen-bond acceptors (Lipinski definition) is 4. The third kappa shape index (κ3) is 5.24. The highest BCUT2D eigenvalue weighted by atomic mass is 28.4. The molecule has 196 valence electrons. The highest BCUT2D eigenvalue weighted by Crippen LogP contribution is 2.38. The zero-order valence-corrected chi connectivity index (χ0v) is 24.0. The molecule has 0 radical (unpaired) electrons. The first-order valence-electron chi connectivity index (χ1n) is 13.0. The molecule has 0 fully saturated rings. The van der Waals surface area contributed by atoms with Gasteiger partial charge in [0.25, 0.3) is 5.56 Å². The number of nitrogens with zero attached hydrogens (tertiary/aromatic N) is 2. The Morgan fingerprint density at radius 2 is 1.82 bits per heavy atom. The molecule has 0 spiro atoms. The van der Waals surface area contributed by atoms with Crippen molar-refractivity contribution in [3.63, 3.8) is 0 Å². The van der Waals surface area contributed by atoms with Crippen LogP contribution in [0.5, 0.6) is 5.75 Å². The molecule has 7 heteroatoms. The number of aromatic amines is 1. The molecule has 3 aromatic rings. The molecule has 3 heterocycles. The lowest BCUT2D eigenvalue weighted by Crippen LogP contribution is -2.43. The van der Waals surface area contributed by atoms with Crippen molar-refractivity contribution in [1.82, 2.24) is 14.5 Å². The van der Waals surface area contributed by atoms with E-state index in [1.165, 1.54) is 5.56 Å². The van der Waals surface area contributed by atoms with E-state index in [0.29, 0.717) is 30.1 Å². The lowest BCUT2D eigenvalue weighted by molar-refractivity contribution is 0.492. The Morgan fingerprint density at radius 1 is 1.03 bits per heavy atom. The summed E-state index contributed by atoms with van der Waals surface area (Å²) in [7, 11) is -2.00. The number of imidazole rings is 1. The summed E-state index contributed by atoms with van der Waals surface area (Å²) in [4.78, 5) is 21.9. The van der Waals surface area contributed by atoms with E-state index in [2.05, 4.69) is 76.1 Å². The van der Waals surface area contributed by atoms with Gasteiger partial charge in [0.05, 0.1) is 24.1 Å². The van der Waals surface area contributed by atoms with Crippen LogP contribution in [0.15, 0.2) is 82.3 Å². The minimum absolute atomic E-state index is 0.0910. The normalized spacial score (nSPS) is 12.3. The Kier molecular flexibility index (Phi) is 6.65. The summed E-state index contributed by atoms with van der Waals surface area (Å²) in [5.41, 5.74) is 5.34. The van der Waals surface area contributed by atoms with Gasteiger partial charge in [0.15, 0.2) is 5.82 Å². The van der Waals surface area contributed by atoms with Gasteiger partial charge in [0, 0.05) is 18.2 Å². The molecule has 0 saturated heterocycles. The summed E-state index contributed by atoms with van der Waals surface area (Å²) in [6.07, 6.45) is 4.43. The molecule has 6 nitrogen and oxygen atoms in total. The average molecular weight is 526 g/mol. The van der Waals surface area contributed by atoms with Gasteiger partial charge in [-0.2, -0.15) is 0 Å². The highest BCUT2D eigenvalue weighted by molar-refractivity contribution is 6.74. The Hall–Kier alpha value is -3.84. The van der Waals surface area contributed by atoms with Crippen LogP contribution >= 0.6 is 0 Å². The van der Waals surface area contributed by atoms with Gasteiger partial charge in [-0.05, 0) is 54.9 Å². The second-order valence-electron chi connectivity index (χ2n) is 11.5. The maximum Gasteiger partial charge on any atom is 0.278 e. The van der Waals surface area contributed by atoms with Crippen molar-refractivity contribution in [2.75, 3.05) is 0 Å². The Labute approximate surface area is 224 Å². The van der Waals surface area contributed by atoms with E-state index in [1.54, 1.807) is 10.8 Å². The number of rotatable bonds is 7. The molecule has 1 aromatic heterocycles. The topological polar surface area (TPSA) is 73.0 Å². The molecule has 0 amide bonds. The molecule has 2 aliphatic heterocycles. The van der Waals surface area contributed by atoms with Crippen molar-refractivity contribution in [3.8, 4) is 22.8 Å². The van der Waals surface area contributed by atoms with Gasteiger partial charge in [-0.1, -0.05) is 62.7 Å². The quantitative estimate of drug-likeness (QED) is 0.229. The van der Waals surface area contributed by atoms with Gasteiger partial charge >= 0.3 is 0 Å². The summed E-state index contributed by atoms with van der Waals surface area (Å²) < 4.78 is 13.7. The molecule has 5 rings (SSSR count). The Morgan fingerprint density at radius 3 is 2.53 bits per heavy atom. The lowest BCUT2D eigenvalue weighted by atomic mass is 10.1. The Bertz CT molecular complexity index is 1590. The van der Waals surface area contributed by atoms with Crippen LogP contribution in [0.2, 0.25) is 18.1 Å². The first kappa shape index (κ1) is 25.8. The van der Waals surface area contributed by atoms with Crippen LogP contribution in [0.1, 0.15) is 49.0 Å². The maximum atomic E-state index is 13.5. The van der Waals surface area contributed by atoms with Crippen molar-refractivity contribution in [3.05, 3.63) is 112 Å². The molecule has 2 aromatic carbocycles. The zero-order chi connectivity index (χ0) is 27.1. The van der Waals surface area contributed by atoms with E-state index in [9.17, 15) is 4.79 Å². The van der Waals surface area contributed by atoms with E-state index >= 15 is 0 Å². The fraction of sp³-hybridized carbons (Fsp3) is 0.290. The fourth-order valence-electron chi connectivity index (χ4n) is 4.34. The number of benzene rings is 2. The van der Waals surface area contributed by atoms with Crippen molar-refractivity contribution in [2.45, 2.75) is 58.7 Å². The van der Waals surface area contributed by atoms with E-state index in [-0.39, 0.29) is 10.6 Å². The number of fused-ring (bicyclic) bond motifs is 1. The standard InChI is InChI=1S/C31H35N3O3Si/c1-21-10-7-11-22(16-21)17-26-29-33-27(19-24-14-9-15-36-24)30(35)34(29)20-28(32-26)23-12-8-13-25(18-23)37-38(5,6)31(2,3)4/h7-16,18,20,32H,17,19H2,1-6H3. The van der Waals surface area contributed by atoms with Gasteiger partial charge in [0.1, 0.15) is 17.2 Å². The first-order valence-corrected chi connectivity index (χ1v) is 15.9. The monoisotopic (exact) mass is 525 g/mol. The Balaban J connectivity index is 1.60. The number of nitrogens with one attached hydrogen (secondary N) is 1. The number of hydrogen-bond donors (Lipinski definition) is 1. The summed E-state index contributed by atoms with van der Waals surface area (Å²) in [5.74, 6) is 2.19. The van der Waals surface area contributed by atoms with Crippen LogP contribution in [0.3, 0.4) is 0 Å². The maximum absolute atomic E-state index is 13.5. The van der Waals surface area contributed by atoms with Crippen molar-refractivity contribution in [2.24, 2.45) is 0 Å². The number of furan rings is 1. The van der Waals surface area contributed by atoms with Gasteiger partial charge in [-0.3, -0.25) is 9.36 Å². The molecular weight excluding hydrogens is 490 g/mol. The van der Waals surface area contributed by atoms with E-state index in [4.69, 9.17) is 13.8 Å². The van der Waals surface area contributed by atoms with Crippen molar-refractivity contribution < 1.29 is 8.84 Å². The second kappa shape index (κ2) is 9.80. The minimum atomic E-state index is -2.00. The lowest BCUT2D eigenvalue weighted by Gasteiger charge is -2.36. The number of H-pyrrole nitrogens is 1. The molecule has 0 unspecified atom stereocenters. The third-order valence-corrected chi connectivity index (χ3v) is 11.8. The SMILES string of the molecule is Cc1cccc(Cc2[nH]c(-c3cccc(O[Si](C)(C)C(C)(C)C)c3)cn3c(=O)c(Cc4ccco4)nc2-3)c1. The molecule has 1 N–H and O–H groups in total. The van der Waals surface area contributed by atoms with Crippen LogP contribution in [0.25, 0.3) is 17.1 Å². The van der Waals surface area contributed by atoms with Crippen LogP contribution < -0.4 is 9.99 Å². The largest absolute Gasteiger partial charge is 0.543 e. The molecule has 0 saturated carbocycles. The summed E-state index contributed by atoms with van der Waals surface area (Å²) in [5, 5.41) is 0.0910. The van der Waals surface area contributed by atoms with Crippen LogP contribution in [-0.4, -0.2) is 22.9 Å². The van der Waals surface area contributed by atoms with Crippen molar-refractivity contribution in [1.29, 1.82) is 0 Å². The van der Waals surface area contributed by atoms with Crippen LogP contribution in [0.4, 0.5) is 0 Å². The van der Waals surface area contributed by atoms with E-state index in [0.717, 1.165) is 28.3 Å². The van der Waals surface area contributed by atoms with E-state index in [1.807, 2.05) is 36.5 Å². The van der Waals surface area contributed by atoms with Gasteiger partial charge in [0.2, 0.25) is 8.32 Å². The predicted molar refractivity (Wildman–Crippen MR) is 154 cm³/mol. The number of aryl methyl sites for hydroxylation is 1. The molecule has 38 heavy (non-hydrogen) atoms. The highest BCUT2D eigenvalue weighted by Gasteiger charge is 2.39. The summed E-state index contributed by atoms with van der Waals surface area (Å²) in [6.45, 7) is 13.3. The average Bonchev–Trinajstić information content (AvgIpc) is 3.47. The van der Waals surface area contributed by atoms with Crippen LogP contribution in [0, 0.1) is 6.92 Å². The number of aromatic nitrogens is 3. The second-order valence-corrected chi connectivity index (χ2v) is 16.2.